The van der Waals surface area contributed by atoms with Crippen molar-refractivity contribution in [2.75, 3.05) is 19.1 Å². The second kappa shape index (κ2) is 6.41. The number of aromatic nitrogens is 2. The van der Waals surface area contributed by atoms with Crippen LogP contribution in [-0.2, 0) is 7.05 Å². The van der Waals surface area contributed by atoms with Crippen LogP contribution < -0.4 is 14.4 Å². The fourth-order valence-electron chi connectivity index (χ4n) is 3.54. The second-order valence-corrected chi connectivity index (χ2v) is 7.43. The van der Waals surface area contributed by atoms with E-state index in [1.807, 2.05) is 63.4 Å². The predicted octanol–water partition coefficient (Wildman–Crippen LogP) is 4.04. The Morgan fingerprint density at radius 3 is 2.71 bits per heavy atom. The first-order valence-electron chi connectivity index (χ1n) is 9.11. The average Bonchev–Trinajstić information content (AvgIpc) is 3.02. The third-order valence-electron chi connectivity index (χ3n) is 4.98. The molecule has 2 aromatic carbocycles. The first-order chi connectivity index (χ1) is 13.3. The first-order valence-corrected chi connectivity index (χ1v) is 9.11. The van der Waals surface area contributed by atoms with Crippen molar-refractivity contribution in [2.45, 2.75) is 19.4 Å². The maximum absolute atomic E-state index is 13.3. The van der Waals surface area contributed by atoms with Crippen molar-refractivity contribution in [3.63, 3.8) is 0 Å². The number of benzene rings is 2. The van der Waals surface area contributed by atoms with Gasteiger partial charge in [0, 0.05) is 19.5 Å². The number of methoxy groups -OCH3 is 1. The SMILES string of the molecule is COc1c(C(=O)N(C)c2nn(C)c3ccccc23)ccc2c1C=CC(C)(C)O2. The number of hydrogen-bond acceptors (Lipinski definition) is 4. The van der Waals surface area contributed by atoms with Crippen LogP contribution in [0.15, 0.2) is 42.5 Å². The standard InChI is InChI=1S/C22H23N3O3/c1-22(2)13-12-15-18(28-22)11-10-16(19(15)27-5)21(26)24(3)20-14-8-6-7-9-17(14)25(4)23-20/h6-13H,1-5H3. The molecule has 1 aromatic heterocycles. The van der Waals surface area contributed by atoms with Crippen molar-refractivity contribution in [3.8, 4) is 11.5 Å². The van der Waals surface area contributed by atoms with Crippen LogP contribution in [0.3, 0.4) is 0 Å². The van der Waals surface area contributed by atoms with Crippen molar-refractivity contribution in [2.24, 2.45) is 7.05 Å². The highest BCUT2D eigenvalue weighted by Gasteiger charge is 2.28. The van der Waals surface area contributed by atoms with Crippen LogP contribution in [0.5, 0.6) is 11.5 Å². The molecule has 4 rings (SSSR count). The monoisotopic (exact) mass is 377 g/mol. The van der Waals surface area contributed by atoms with Gasteiger partial charge in [-0.2, -0.15) is 5.10 Å². The van der Waals surface area contributed by atoms with E-state index in [2.05, 4.69) is 5.10 Å². The molecule has 0 bridgehead atoms. The summed E-state index contributed by atoms with van der Waals surface area (Å²) in [6.45, 7) is 3.97. The van der Waals surface area contributed by atoms with Gasteiger partial charge in [-0.3, -0.25) is 14.4 Å². The third kappa shape index (κ3) is 2.81. The summed E-state index contributed by atoms with van der Waals surface area (Å²) in [7, 11) is 5.16. The lowest BCUT2D eigenvalue weighted by atomic mass is 9.99. The number of carbonyl (C=O) groups excluding carboxylic acids is 1. The lowest BCUT2D eigenvalue weighted by Crippen LogP contribution is -2.29. The summed E-state index contributed by atoms with van der Waals surface area (Å²) in [5.41, 5.74) is 1.80. The number of aryl methyl sites for hydroxylation is 1. The minimum atomic E-state index is -0.396. The lowest BCUT2D eigenvalue weighted by Gasteiger charge is -2.29. The van der Waals surface area contributed by atoms with Crippen molar-refractivity contribution in [3.05, 3.63) is 53.6 Å². The van der Waals surface area contributed by atoms with Gasteiger partial charge in [0.05, 0.1) is 23.8 Å². The van der Waals surface area contributed by atoms with Gasteiger partial charge in [0.2, 0.25) is 0 Å². The van der Waals surface area contributed by atoms with Crippen molar-refractivity contribution in [1.82, 2.24) is 9.78 Å². The number of rotatable bonds is 3. The van der Waals surface area contributed by atoms with E-state index in [0.717, 1.165) is 16.5 Å². The van der Waals surface area contributed by atoms with Gasteiger partial charge in [-0.1, -0.05) is 12.1 Å². The zero-order valence-electron chi connectivity index (χ0n) is 16.7. The molecule has 0 saturated heterocycles. The Bertz CT molecular complexity index is 1110. The molecule has 0 N–H and O–H groups in total. The summed E-state index contributed by atoms with van der Waals surface area (Å²) in [6.07, 6.45) is 3.91. The molecule has 1 amide bonds. The van der Waals surface area contributed by atoms with Crippen LogP contribution in [0.2, 0.25) is 0 Å². The molecule has 0 spiro atoms. The Morgan fingerprint density at radius 2 is 1.96 bits per heavy atom. The summed E-state index contributed by atoms with van der Waals surface area (Å²) in [5.74, 6) is 1.62. The molecule has 0 atom stereocenters. The second-order valence-electron chi connectivity index (χ2n) is 7.43. The summed E-state index contributed by atoms with van der Waals surface area (Å²) in [5, 5.41) is 5.46. The molecule has 6 nitrogen and oxygen atoms in total. The van der Waals surface area contributed by atoms with Gasteiger partial charge in [0.1, 0.15) is 17.1 Å². The van der Waals surface area contributed by atoms with E-state index in [1.54, 1.807) is 29.8 Å². The number of nitrogens with zero attached hydrogens (tertiary/aromatic N) is 3. The minimum absolute atomic E-state index is 0.193. The van der Waals surface area contributed by atoms with E-state index in [4.69, 9.17) is 9.47 Å². The molecule has 0 saturated carbocycles. The molecule has 0 fully saturated rings. The summed E-state index contributed by atoms with van der Waals surface area (Å²) in [4.78, 5) is 14.9. The average molecular weight is 377 g/mol. The van der Waals surface area contributed by atoms with Crippen LogP contribution in [0.4, 0.5) is 5.82 Å². The minimum Gasteiger partial charge on any atom is -0.495 e. The molecule has 2 heterocycles. The molecule has 144 valence electrons. The number of amides is 1. The maximum atomic E-state index is 13.3. The zero-order valence-corrected chi connectivity index (χ0v) is 16.7. The van der Waals surface area contributed by atoms with Gasteiger partial charge in [0.25, 0.3) is 5.91 Å². The van der Waals surface area contributed by atoms with Crippen molar-refractivity contribution in [1.29, 1.82) is 0 Å². The third-order valence-corrected chi connectivity index (χ3v) is 4.98. The highest BCUT2D eigenvalue weighted by atomic mass is 16.5. The number of fused-ring (bicyclic) bond motifs is 2. The maximum Gasteiger partial charge on any atom is 0.263 e. The van der Waals surface area contributed by atoms with Gasteiger partial charge in [-0.15, -0.1) is 0 Å². The van der Waals surface area contributed by atoms with Crippen LogP contribution in [0.1, 0.15) is 29.8 Å². The number of carbonyl (C=O) groups is 1. The summed E-state index contributed by atoms with van der Waals surface area (Å²) >= 11 is 0. The first kappa shape index (κ1) is 18.1. The topological polar surface area (TPSA) is 56.6 Å². The van der Waals surface area contributed by atoms with E-state index in [0.29, 0.717) is 22.9 Å². The Morgan fingerprint density at radius 1 is 1.21 bits per heavy atom. The van der Waals surface area contributed by atoms with E-state index in [9.17, 15) is 4.79 Å². The zero-order chi connectivity index (χ0) is 20.1. The predicted molar refractivity (Wildman–Crippen MR) is 110 cm³/mol. The normalized spacial score (nSPS) is 14.5. The number of anilines is 1. The van der Waals surface area contributed by atoms with Gasteiger partial charge >= 0.3 is 0 Å². The fraction of sp³-hybridized carbons (Fsp3) is 0.273. The molecule has 0 unspecified atom stereocenters. The van der Waals surface area contributed by atoms with E-state index in [-0.39, 0.29) is 5.91 Å². The smallest absolute Gasteiger partial charge is 0.263 e. The molecule has 28 heavy (non-hydrogen) atoms. The van der Waals surface area contributed by atoms with Crippen molar-refractivity contribution >= 4 is 28.7 Å². The summed E-state index contributed by atoms with van der Waals surface area (Å²) in [6, 6.07) is 11.4. The van der Waals surface area contributed by atoms with Gasteiger partial charge in [-0.25, -0.2) is 0 Å². The number of para-hydroxylation sites is 1. The Hall–Kier alpha value is -3.28. The van der Waals surface area contributed by atoms with Crippen LogP contribution >= 0.6 is 0 Å². The van der Waals surface area contributed by atoms with Gasteiger partial charge in [0.15, 0.2) is 5.82 Å². The number of ether oxygens (including phenoxy) is 2. The molecule has 0 aliphatic carbocycles. The van der Waals surface area contributed by atoms with Crippen LogP contribution in [0.25, 0.3) is 17.0 Å². The highest BCUT2D eigenvalue weighted by Crippen LogP contribution is 2.39. The molecule has 3 aromatic rings. The van der Waals surface area contributed by atoms with E-state index >= 15 is 0 Å². The van der Waals surface area contributed by atoms with Gasteiger partial charge < -0.3 is 9.47 Å². The van der Waals surface area contributed by atoms with Gasteiger partial charge in [-0.05, 0) is 50.3 Å². The molecular formula is C22H23N3O3. The largest absolute Gasteiger partial charge is 0.495 e. The van der Waals surface area contributed by atoms with E-state index in [1.165, 1.54) is 0 Å². The Kier molecular flexibility index (Phi) is 4.14. The molecule has 1 aliphatic heterocycles. The quantitative estimate of drug-likeness (QED) is 0.691. The number of hydrogen-bond donors (Lipinski definition) is 0. The van der Waals surface area contributed by atoms with E-state index < -0.39 is 5.60 Å². The highest BCUT2D eigenvalue weighted by molar-refractivity contribution is 6.11. The molecule has 0 radical (unpaired) electrons. The Balaban J connectivity index is 1.78. The van der Waals surface area contributed by atoms with Crippen molar-refractivity contribution < 1.29 is 14.3 Å². The summed E-state index contributed by atoms with van der Waals surface area (Å²) < 4.78 is 13.4. The molecule has 1 aliphatic rings. The molecule has 6 heteroatoms. The van der Waals surface area contributed by atoms with Crippen LogP contribution in [0, 0.1) is 0 Å². The lowest BCUT2D eigenvalue weighted by molar-refractivity contribution is 0.0989. The Labute approximate surface area is 164 Å². The van der Waals surface area contributed by atoms with Crippen LogP contribution in [-0.4, -0.2) is 35.4 Å². The molecular weight excluding hydrogens is 354 g/mol. The fourth-order valence-corrected chi connectivity index (χ4v) is 3.54.